The fraction of sp³-hybridized carbons (Fsp3) is 0.167. The Bertz CT molecular complexity index is 396. The molecule has 0 aromatic heterocycles. The van der Waals surface area contributed by atoms with Crippen molar-refractivity contribution in [3.05, 3.63) is 42.0 Å². The molecule has 0 radical (unpaired) electrons. The van der Waals surface area contributed by atoms with E-state index in [0.29, 0.717) is 6.54 Å². The van der Waals surface area contributed by atoms with Crippen LogP contribution in [0.1, 0.15) is 12.5 Å². The second-order valence-corrected chi connectivity index (χ2v) is 3.09. The smallest absolute Gasteiger partial charge is 0.250 e. The van der Waals surface area contributed by atoms with Crippen LogP contribution in [0.4, 0.5) is 0 Å². The summed E-state index contributed by atoms with van der Waals surface area (Å²) in [5, 5.41) is 2.45. The molecule has 0 spiro atoms. The molecule has 0 aliphatic heterocycles. The van der Waals surface area contributed by atoms with Crippen LogP contribution in [0, 0.1) is 0 Å². The van der Waals surface area contributed by atoms with Gasteiger partial charge < -0.3 is 5.73 Å². The molecule has 0 aliphatic carbocycles. The molecular formula is C12H15N3O. The van der Waals surface area contributed by atoms with Gasteiger partial charge in [-0.1, -0.05) is 30.3 Å². The summed E-state index contributed by atoms with van der Waals surface area (Å²) in [4.78, 5) is 15.2. The maximum absolute atomic E-state index is 11.3. The van der Waals surface area contributed by atoms with E-state index in [1.54, 1.807) is 6.08 Å². The second kappa shape index (κ2) is 6.40. The molecule has 0 aliphatic rings. The standard InChI is InChI=1S/C12H15N3O/c1-2-14-12(13)15-11(16)9-8-10-6-4-3-5-7-10/h3-9H,2H2,1H3,(H3,13,14,15,16). The Kier molecular flexibility index (Phi) is 4.79. The van der Waals surface area contributed by atoms with Gasteiger partial charge in [-0.15, -0.1) is 0 Å². The third-order valence-corrected chi connectivity index (χ3v) is 1.81. The Morgan fingerprint density at radius 3 is 2.75 bits per heavy atom. The van der Waals surface area contributed by atoms with E-state index < -0.39 is 0 Å². The minimum absolute atomic E-state index is 0.144. The number of aliphatic imine (C=N–C) groups is 1. The summed E-state index contributed by atoms with van der Waals surface area (Å²) in [6.07, 6.45) is 3.14. The van der Waals surface area contributed by atoms with Crippen molar-refractivity contribution in [3.8, 4) is 0 Å². The SMILES string of the molecule is CCN=C(N)NC(=O)C=Cc1ccccc1. The van der Waals surface area contributed by atoms with Crippen LogP contribution < -0.4 is 11.1 Å². The van der Waals surface area contributed by atoms with Gasteiger partial charge in [0.15, 0.2) is 5.96 Å². The number of carbonyl (C=O) groups is 1. The maximum atomic E-state index is 11.3. The van der Waals surface area contributed by atoms with E-state index in [0.717, 1.165) is 5.56 Å². The molecule has 0 heterocycles. The highest BCUT2D eigenvalue weighted by Gasteiger charge is 1.96. The lowest BCUT2D eigenvalue weighted by Crippen LogP contribution is -2.35. The largest absolute Gasteiger partial charge is 0.370 e. The molecule has 0 saturated carbocycles. The van der Waals surface area contributed by atoms with Gasteiger partial charge in [0.25, 0.3) is 5.91 Å². The first kappa shape index (κ1) is 12.0. The number of guanidine groups is 1. The van der Waals surface area contributed by atoms with Crippen LogP contribution in [0.2, 0.25) is 0 Å². The van der Waals surface area contributed by atoms with Gasteiger partial charge in [0.2, 0.25) is 0 Å². The minimum Gasteiger partial charge on any atom is -0.370 e. The van der Waals surface area contributed by atoms with E-state index in [2.05, 4.69) is 10.3 Å². The van der Waals surface area contributed by atoms with Crippen molar-refractivity contribution in [1.29, 1.82) is 0 Å². The molecule has 1 aromatic rings. The van der Waals surface area contributed by atoms with Crippen molar-refractivity contribution < 1.29 is 4.79 Å². The van der Waals surface area contributed by atoms with Gasteiger partial charge in [0.1, 0.15) is 0 Å². The molecule has 1 rings (SSSR count). The lowest BCUT2D eigenvalue weighted by atomic mass is 10.2. The van der Waals surface area contributed by atoms with Gasteiger partial charge in [0, 0.05) is 12.6 Å². The van der Waals surface area contributed by atoms with Crippen LogP contribution in [0.3, 0.4) is 0 Å². The predicted molar refractivity (Wildman–Crippen MR) is 65.8 cm³/mol. The van der Waals surface area contributed by atoms with Gasteiger partial charge in [-0.05, 0) is 18.6 Å². The summed E-state index contributed by atoms with van der Waals surface area (Å²) in [5.41, 5.74) is 6.40. The molecule has 16 heavy (non-hydrogen) atoms. The zero-order valence-electron chi connectivity index (χ0n) is 9.18. The Morgan fingerprint density at radius 1 is 1.44 bits per heavy atom. The number of nitrogens with one attached hydrogen (secondary N) is 1. The molecule has 84 valence electrons. The Morgan fingerprint density at radius 2 is 2.12 bits per heavy atom. The van der Waals surface area contributed by atoms with Gasteiger partial charge in [-0.2, -0.15) is 0 Å². The number of hydrogen-bond donors (Lipinski definition) is 2. The van der Waals surface area contributed by atoms with Crippen molar-refractivity contribution in [2.24, 2.45) is 10.7 Å². The Balaban J connectivity index is 2.52. The summed E-state index contributed by atoms with van der Waals surface area (Å²) in [6.45, 7) is 2.40. The van der Waals surface area contributed by atoms with Crippen molar-refractivity contribution >= 4 is 17.9 Å². The third-order valence-electron chi connectivity index (χ3n) is 1.81. The van der Waals surface area contributed by atoms with E-state index >= 15 is 0 Å². The van der Waals surface area contributed by atoms with Crippen LogP contribution in [0.15, 0.2) is 41.4 Å². The van der Waals surface area contributed by atoms with Crippen molar-refractivity contribution in [2.45, 2.75) is 6.92 Å². The normalized spacial score (nSPS) is 11.7. The van der Waals surface area contributed by atoms with Gasteiger partial charge in [-0.25, -0.2) is 0 Å². The molecule has 1 amide bonds. The highest BCUT2D eigenvalue weighted by Crippen LogP contribution is 2.00. The van der Waals surface area contributed by atoms with Gasteiger partial charge >= 0.3 is 0 Å². The van der Waals surface area contributed by atoms with Gasteiger partial charge in [0.05, 0.1) is 0 Å². The van der Waals surface area contributed by atoms with Crippen molar-refractivity contribution in [2.75, 3.05) is 6.54 Å². The molecule has 4 heteroatoms. The highest BCUT2D eigenvalue weighted by atomic mass is 16.1. The highest BCUT2D eigenvalue weighted by molar-refractivity contribution is 6.03. The lowest BCUT2D eigenvalue weighted by Gasteiger charge is -1.99. The zero-order valence-corrected chi connectivity index (χ0v) is 9.18. The fourth-order valence-electron chi connectivity index (χ4n) is 1.11. The summed E-state index contributed by atoms with van der Waals surface area (Å²) in [6, 6.07) is 9.55. The Labute approximate surface area is 94.9 Å². The van der Waals surface area contributed by atoms with Crippen LogP contribution in [-0.2, 0) is 4.79 Å². The number of hydrogen-bond acceptors (Lipinski definition) is 2. The molecule has 1 aromatic carbocycles. The first-order chi connectivity index (χ1) is 7.72. The van der Waals surface area contributed by atoms with E-state index in [1.165, 1.54) is 6.08 Å². The van der Waals surface area contributed by atoms with E-state index in [1.807, 2.05) is 37.3 Å². The number of nitrogens with zero attached hydrogens (tertiary/aromatic N) is 1. The summed E-state index contributed by atoms with van der Waals surface area (Å²) < 4.78 is 0. The zero-order chi connectivity index (χ0) is 11.8. The van der Waals surface area contributed by atoms with E-state index in [9.17, 15) is 4.79 Å². The van der Waals surface area contributed by atoms with E-state index in [-0.39, 0.29) is 11.9 Å². The molecular weight excluding hydrogens is 202 g/mol. The molecule has 4 nitrogen and oxygen atoms in total. The summed E-state index contributed by atoms with van der Waals surface area (Å²) in [5.74, 6) is -0.135. The average Bonchev–Trinajstić information content (AvgIpc) is 2.28. The minimum atomic E-state index is -0.279. The van der Waals surface area contributed by atoms with Crippen LogP contribution in [0.25, 0.3) is 6.08 Å². The second-order valence-electron chi connectivity index (χ2n) is 3.09. The van der Waals surface area contributed by atoms with Gasteiger partial charge in [-0.3, -0.25) is 15.1 Å². The third kappa shape index (κ3) is 4.41. The Hall–Kier alpha value is -2.10. The van der Waals surface area contributed by atoms with Crippen LogP contribution in [-0.4, -0.2) is 18.4 Å². The predicted octanol–water partition coefficient (Wildman–Crippen LogP) is 1.15. The number of rotatable bonds is 3. The summed E-state index contributed by atoms with van der Waals surface area (Å²) in [7, 11) is 0. The molecule has 0 saturated heterocycles. The monoisotopic (exact) mass is 217 g/mol. The topological polar surface area (TPSA) is 67.5 Å². The number of benzene rings is 1. The molecule has 3 N–H and O–H groups in total. The van der Waals surface area contributed by atoms with E-state index in [4.69, 9.17) is 5.73 Å². The lowest BCUT2D eigenvalue weighted by molar-refractivity contribution is -0.115. The number of nitrogens with two attached hydrogens (primary N) is 1. The molecule has 0 unspecified atom stereocenters. The van der Waals surface area contributed by atoms with Crippen molar-refractivity contribution in [1.82, 2.24) is 5.32 Å². The van der Waals surface area contributed by atoms with Crippen LogP contribution in [0.5, 0.6) is 0 Å². The average molecular weight is 217 g/mol. The first-order valence-corrected chi connectivity index (χ1v) is 5.06. The molecule has 0 bridgehead atoms. The molecule has 0 atom stereocenters. The quantitative estimate of drug-likeness (QED) is 0.453. The maximum Gasteiger partial charge on any atom is 0.250 e. The number of carbonyl (C=O) groups excluding carboxylic acids is 1. The first-order valence-electron chi connectivity index (χ1n) is 5.06. The summed E-state index contributed by atoms with van der Waals surface area (Å²) >= 11 is 0. The molecule has 0 fully saturated rings. The van der Waals surface area contributed by atoms with Crippen LogP contribution >= 0.6 is 0 Å². The number of amides is 1. The van der Waals surface area contributed by atoms with Crippen molar-refractivity contribution in [3.63, 3.8) is 0 Å². The fourth-order valence-corrected chi connectivity index (χ4v) is 1.11.